The minimum absolute atomic E-state index is 0.339. The van der Waals surface area contributed by atoms with Crippen molar-refractivity contribution in [1.82, 2.24) is 4.57 Å². The SMILES string of the molecule is CCOC(=O)/C=C/c1c(C)n(Cc2ccc(Br)cc2)c2ccc(OC)cc12. The van der Waals surface area contributed by atoms with Crippen molar-refractivity contribution in [2.45, 2.75) is 20.4 Å². The first-order chi connectivity index (χ1) is 13.0. The number of aromatic nitrogens is 1. The molecule has 0 spiro atoms. The summed E-state index contributed by atoms with van der Waals surface area (Å²) >= 11 is 3.48. The van der Waals surface area contributed by atoms with Gasteiger partial charge in [0.05, 0.1) is 13.7 Å². The van der Waals surface area contributed by atoms with Crippen molar-refractivity contribution in [3.05, 3.63) is 69.8 Å². The van der Waals surface area contributed by atoms with Crippen molar-refractivity contribution < 1.29 is 14.3 Å². The Morgan fingerprint density at radius 3 is 2.59 bits per heavy atom. The van der Waals surface area contributed by atoms with Crippen LogP contribution in [0.5, 0.6) is 5.75 Å². The number of halogens is 1. The van der Waals surface area contributed by atoms with Gasteiger partial charge in [-0.2, -0.15) is 0 Å². The van der Waals surface area contributed by atoms with Crippen LogP contribution in [0, 0.1) is 6.92 Å². The fourth-order valence-corrected chi connectivity index (χ4v) is 3.41. The number of benzene rings is 2. The second kappa shape index (κ2) is 8.44. The van der Waals surface area contributed by atoms with E-state index in [2.05, 4.69) is 45.6 Å². The smallest absolute Gasteiger partial charge is 0.330 e. The van der Waals surface area contributed by atoms with Gasteiger partial charge in [-0.05, 0) is 55.8 Å². The first kappa shape index (κ1) is 19.2. The highest BCUT2D eigenvalue weighted by Gasteiger charge is 2.14. The molecule has 3 aromatic rings. The third-order valence-electron chi connectivity index (χ3n) is 4.51. The summed E-state index contributed by atoms with van der Waals surface area (Å²) in [5, 5.41) is 1.05. The van der Waals surface area contributed by atoms with E-state index in [0.717, 1.165) is 38.9 Å². The minimum atomic E-state index is -0.339. The van der Waals surface area contributed by atoms with Crippen molar-refractivity contribution in [2.75, 3.05) is 13.7 Å². The molecule has 1 aromatic heterocycles. The summed E-state index contributed by atoms with van der Waals surface area (Å²) in [6.45, 7) is 4.97. The number of carbonyl (C=O) groups is 1. The number of carbonyl (C=O) groups excluding carboxylic acids is 1. The predicted octanol–water partition coefficient (Wildman–Crippen LogP) is 5.35. The van der Waals surface area contributed by atoms with Gasteiger partial charge in [-0.25, -0.2) is 4.79 Å². The number of hydrogen-bond acceptors (Lipinski definition) is 3. The molecule has 4 nitrogen and oxygen atoms in total. The van der Waals surface area contributed by atoms with Gasteiger partial charge in [0.1, 0.15) is 5.75 Å². The van der Waals surface area contributed by atoms with E-state index in [4.69, 9.17) is 9.47 Å². The van der Waals surface area contributed by atoms with Gasteiger partial charge in [-0.15, -0.1) is 0 Å². The quantitative estimate of drug-likeness (QED) is 0.393. The largest absolute Gasteiger partial charge is 0.497 e. The zero-order chi connectivity index (χ0) is 19.4. The number of hydrogen-bond donors (Lipinski definition) is 0. The number of rotatable bonds is 6. The number of esters is 1. The minimum Gasteiger partial charge on any atom is -0.497 e. The average molecular weight is 428 g/mol. The molecule has 0 amide bonds. The molecule has 0 saturated carbocycles. The van der Waals surface area contributed by atoms with Gasteiger partial charge in [-0.1, -0.05) is 28.1 Å². The molecule has 0 aliphatic rings. The third-order valence-corrected chi connectivity index (χ3v) is 5.03. The topological polar surface area (TPSA) is 40.5 Å². The highest BCUT2D eigenvalue weighted by Crippen LogP contribution is 2.31. The van der Waals surface area contributed by atoms with Gasteiger partial charge < -0.3 is 14.0 Å². The van der Waals surface area contributed by atoms with E-state index in [1.807, 2.05) is 30.3 Å². The van der Waals surface area contributed by atoms with E-state index in [0.29, 0.717) is 6.61 Å². The Labute approximate surface area is 167 Å². The van der Waals surface area contributed by atoms with Gasteiger partial charge in [0.15, 0.2) is 0 Å². The van der Waals surface area contributed by atoms with Crippen LogP contribution in [0.3, 0.4) is 0 Å². The maximum absolute atomic E-state index is 11.8. The molecule has 1 heterocycles. The first-order valence-corrected chi connectivity index (χ1v) is 9.59. The Balaban J connectivity index is 2.09. The van der Waals surface area contributed by atoms with Crippen LogP contribution in [-0.4, -0.2) is 24.3 Å². The summed E-state index contributed by atoms with van der Waals surface area (Å²) < 4.78 is 13.7. The fourth-order valence-electron chi connectivity index (χ4n) is 3.14. The van der Waals surface area contributed by atoms with E-state index >= 15 is 0 Å². The zero-order valence-electron chi connectivity index (χ0n) is 15.7. The van der Waals surface area contributed by atoms with Crippen molar-refractivity contribution in [1.29, 1.82) is 0 Å². The van der Waals surface area contributed by atoms with Crippen LogP contribution < -0.4 is 4.74 Å². The van der Waals surface area contributed by atoms with Crippen molar-refractivity contribution in [2.24, 2.45) is 0 Å². The Bertz CT molecular complexity index is 987. The lowest BCUT2D eigenvalue weighted by atomic mass is 10.1. The predicted molar refractivity (Wildman–Crippen MR) is 112 cm³/mol. The molecule has 0 N–H and O–H groups in total. The van der Waals surface area contributed by atoms with E-state index in [-0.39, 0.29) is 5.97 Å². The summed E-state index contributed by atoms with van der Waals surface area (Å²) in [4.78, 5) is 11.8. The Morgan fingerprint density at radius 1 is 1.19 bits per heavy atom. The summed E-state index contributed by atoms with van der Waals surface area (Å²) in [5.41, 5.74) is 4.38. The van der Waals surface area contributed by atoms with Gasteiger partial charge in [0.25, 0.3) is 0 Å². The summed E-state index contributed by atoms with van der Waals surface area (Å²) in [5.74, 6) is 0.447. The van der Waals surface area contributed by atoms with E-state index in [9.17, 15) is 4.79 Å². The molecule has 0 saturated heterocycles. The van der Waals surface area contributed by atoms with Crippen LogP contribution >= 0.6 is 15.9 Å². The van der Waals surface area contributed by atoms with E-state index in [1.165, 1.54) is 11.6 Å². The molecular weight excluding hydrogens is 406 g/mol. The van der Waals surface area contributed by atoms with Crippen molar-refractivity contribution in [3.63, 3.8) is 0 Å². The number of methoxy groups -OCH3 is 1. The summed E-state index contributed by atoms with van der Waals surface area (Å²) in [6, 6.07) is 14.3. The van der Waals surface area contributed by atoms with E-state index in [1.54, 1.807) is 14.0 Å². The summed E-state index contributed by atoms with van der Waals surface area (Å²) in [7, 11) is 1.65. The van der Waals surface area contributed by atoms with Crippen LogP contribution in [-0.2, 0) is 16.1 Å². The lowest BCUT2D eigenvalue weighted by molar-refractivity contribution is -0.137. The molecule has 140 valence electrons. The molecule has 0 radical (unpaired) electrons. The lowest BCUT2D eigenvalue weighted by Gasteiger charge is -2.09. The van der Waals surface area contributed by atoms with Gasteiger partial charge in [-0.3, -0.25) is 0 Å². The van der Waals surface area contributed by atoms with Crippen LogP contribution in [0.2, 0.25) is 0 Å². The first-order valence-electron chi connectivity index (χ1n) is 8.79. The number of fused-ring (bicyclic) bond motifs is 1. The highest BCUT2D eigenvalue weighted by molar-refractivity contribution is 9.10. The molecule has 0 atom stereocenters. The van der Waals surface area contributed by atoms with Gasteiger partial charge in [0.2, 0.25) is 0 Å². The normalized spacial score (nSPS) is 11.3. The summed E-state index contributed by atoms with van der Waals surface area (Å²) in [6.07, 6.45) is 3.31. The Kier molecular flexibility index (Phi) is 6.01. The second-order valence-corrected chi connectivity index (χ2v) is 7.10. The molecule has 0 unspecified atom stereocenters. The zero-order valence-corrected chi connectivity index (χ0v) is 17.2. The average Bonchev–Trinajstić information content (AvgIpc) is 2.92. The second-order valence-electron chi connectivity index (χ2n) is 6.18. The molecule has 0 aliphatic heterocycles. The molecule has 0 aliphatic carbocycles. The van der Waals surface area contributed by atoms with Crippen LogP contribution in [0.25, 0.3) is 17.0 Å². The molecule has 27 heavy (non-hydrogen) atoms. The lowest BCUT2D eigenvalue weighted by Crippen LogP contribution is -2.02. The molecule has 5 heteroatoms. The Hall–Kier alpha value is -2.53. The fraction of sp³-hybridized carbons (Fsp3) is 0.227. The maximum atomic E-state index is 11.8. The third kappa shape index (κ3) is 4.25. The highest BCUT2D eigenvalue weighted by atomic mass is 79.9. The number of ether oxygens (including phenoxy) is 2. The van der Waals surface area contributed by atoms with E-state index < -0.39 is 0 Å². The van der Waals surface area contributed by atoms with Gasteiger partial charge >= 0.3 is 5.97 Å². The van der Waals surface area contributed by atoms with Crippen molar-refractivity contribution in [3.8, 4) is 5.75 Å². The molecule has 0 bridgehead atoms. The molecule has 2 aromatic carbocycles. The molecule has 0 fully saturated rings. The van der Waals surface area contributed by atoms with Crippen LogP contribution in [0.4, 0.5) is 0 Å². The number of nitrogens with zero attached hydrogens (tertiary/aromatic N) is 1. The van der Waals surface area contributed by atoms with Gasteiger partial charge in [0, 0.05) is 39.3 Å². The van der Waals surface area contributed by atoms with Crippen molar-refractivity contribution >= 4 is 38.9 Å². The molecule has 3 rings (SSSR count). The standard InChI is InChI=1S/C22H22BrNO3/c1-4-27-22(25)12-10-19-15(2)24(14-16-5-7-17(23)8-6-16)21-11-9-18(26-3)13-20(19)21/h5-13H,4,14H2,1-3H3/b12-10+. The monoisotopic (exact) mass is 427 g/mol. The van der Waals surface area contributed by atoms with Crippen LogP contribution in [0.1, 0.15) is 23.7 Å². The van der Waals surface area contributed by atoms with Crippen LogP contribution in [0.15, 0.2) is 53.0 Å². The molecular formula is C22H22BrNO3. The Morgan fingerprint density at radius 2 is 1.93 bits per heavy atom. The maximum Gasteiger partial charge on any atom is 0.330 e.